The molecule has 2 rings (SSSR count). The summed E-state index contributed by atoms with van der Waals surface area (Å²) in [5.41, 5.74) is -0.674. The largest absolute Gasteiger partial charge is 0.478 e. The van der Waals surface area contributed by atoms with Gasteiger partial charge in [0.2, 0.25) is 10.0 Å². The van der Waals surface area contributed by atoms with Gasteiger partial charge in [0.1, 0.15) is 4.90 Å². The average molecular weight is 334 g/mol. The molecule has 0 aromatic heterocycles. The number of sulfonamides is 1. The van der Waals surface area contributed by atoms with Crippen molar-refractivity contribution in [3.63, 3.8) is 0 Å². The van der Waals surface area contributed by atoms with E-state index in [9.17, 15) is 13.2 Å². The number of hydrogen-bond donors (Lipinski definition) is 2. The van der Waals surface area contributed by atoms with E-state index in [2.05, 4.69) is 4.72 Å². The molecule has 1 fully saturated rings. The molecule has 0 amide bonds. The number of benzene rings is 1. The van der Waals surface area contributed by atoms with Crippen LogP contribution in [0.2, 0.25) is 5.02 Å². The molecule has 1 unspecified atom stereocenters. The number of hydrogen-bond acceptors (Lipinski definition) is 4. The summed E-state index contributed by atoms with van der Waals surface area (Å²) in [4.78, 5) is 10.7. The lowest BCUT2D eigenvalue weighted by atomic mass is 10.0. The van der Waals surface area contributed by atoms with Crippen LogP contribution in [-0.2, 0) is 14.8 Å². The topological polar surface area (TPSA) is 92.7 Å². The maximum absolute atomic E-state index is 12.3. The van der Waals surface area contributed by atoms with E-state index in [4.69, 9.17) is 21.4 Å². The molecule has 1 atom stereocenters. The van der Waals surface area contributed by atoms with Crippen LogP contribution in [0.4, 0.5) is 0 Å². The summed E-state index contributed by atoms with van der Waals surface area (Å²) in [6.45, 7) is 2.55. The van der Waals surface area contributed by atoms with Gasteiger partial charge in [-0.05, 0) is 38.0 Å². The van der Waals surface area contributed by atoms with Crippen molar-refractivity contribution in [2.24, 2.45) is 0 Å². The van der Waals surface area contributed by atoms with E-state index >= 15 is 0 Å². The van der Waals surface area contributed by atoms with Crippen molar-refractivity contribution in [3.05, 3.63) is 28.8 Å². The lowest BCUT2D eigenvalue weighted by Gasteiger charge is -2.23. The highest BCUT2D eigenvalue weighted by molar-refractivity contribution is 7.89. The molecule has 0 spiro atoms. The quantitative estimate of drug-likeness (QED) is 0.858. The first-order valence-electron chi connectivity index (χ1n) is 6.40. The molecular weight excluding hydrogens is 318 g/mol. The number of rotatable bonds is 5. The summed E-state index contributed by atoms with van der Waals surface area (Å²) >= 11 is 5.87. The van der Waals surface area contributed by atoms with Crippen LogP contribution in [0.5, 0.6) is 0 Å². The van der Waals surface area contributed by atoms with Crippen molar-refractivity contribution in [2.45, 2.75) is 30.3 Å². The second-order valence-electron chi connectivity index (χ2n) is 5.18. The summed E-state index contributed by atoms with van der Waals surface area (Å²) in [5.74, 6) is -1.21. The van der Waals surface area contributed by atoms with Gasteiger partial charge < -0.3 is 9.84 Å². The van der Waals surface area contributed by atoms with Gasteiger partial charge in [-0.3, -0.25) is 0 Å². The zero-order valence-corrected chi connectivity index (χ0v) is 13.0. The van der Waals surface area contributed by atoms with E-state index in [0.29, 0.717) is 6.61 Å². The van der Waals surface area contributed by atoms with Gasteiger partial charge in [-0.25, -0.2) is 17.9 Å². The van der Waals surface area contributed by atoms with Crippen LogP contribution in [0.3, 0.4) is 0 Å². The van der Waals surface area contributed by atoms with Gasteiger partial charge in [-0.1, -0.05) is 11.6 Å². The fraction of sp³-hybridized carbons (Fsp3) is 0.462. The van der Waals surface area contributed by atoms with E-state index in [0.717, 1.165) is 18.9 Å². The highest BCUT2D eigenvalue weighted by atomic mass is 35.5. The maximum atomic E-state index is 12.3. The minimum absolute atomic E-state index is 0.0232. The summed E-state index contributed by atoms with van der Waals surface area (Å²) in [5, 5.41) is 8.91. The van der Waals surface area contributed by atoms with Gasteiger partial charge >= 0.3 is 5.97 Å². The zero-order chi connectivity index (χ0) is 15.7. The molecule has 2 N–H and O–H groups in total. The van der Waals surface area contributed by atoms with Gasteiger partial charge in [0.05, 0.1) is 16.2 Å². The molecule has 116 valence electrons. The second-order valence-corrected chi connectivity index (χ2v) is 7.32. The Balaban J connectivity index is 2.23. The Hall–Kier alpha value is -1.15. The molecule has 0 aliphatic carbocycles. The molecule has 0 saturated carbocycles. The summed E-state index contributed by atoms with van der Waals surface area (Å²) in [6.07, 6.45) is 1.64. The highest BCUT2D eigenvalue weighted by Crippen LogP contribution is 2.26. The van der Waals surface area contributed by atoms with Crippen molar-refractivity contribution in [1.29, 1.82) is 0 Å². The van der Waals surface area contributed by atoms with E-state index in [-0.39, 0.29) is 22.0 Å². The lowest BCUT2D eigenvalue weighted by molar-refractivity contribution is 0.0250. The normalized spacial score (nSPS) is 22.4. The first-order chi connectivity index (χ1) is 9.73. The minimum Gasteiger partial charge on any atom is -0.478 e. The molecule has 21 heavy (non-hydrogen) atoms. The predicted molar refractivity (Wildman–Crippen MR) is 77.2 cm³/mol. The average Bonchev–Trinajstić information content (AvgIpc) is 2.84. The van der Waals surface area contributed by atoms with Crippen molar-refractivity contribution < 1.29 is 23.1 Å². The molecule has 1 saturated heterocycles. The Morgan fingerprint density at radius 1 is 1.52 bits per heavy atom. The summed E-state index contributed by atoms with van der Waals surface area (Å²) in [6, 6.07) is 3.56. The molecular formula is C13H16ClNO5S. The first-order valence-corrected chi connectivity index (χ1v) is 8.26. The lowest BCUT2D eigenvalue weighted by Crippen LogP contribution is -2.40. The molecule has 6 nitrogen and oxygen atoms in total. The monoisotopic (exact) mass is 333 g/mol. The maximum Gasteiger partial charge on any atom is 0.335 e. The van der Waals surface area contributed by atoms with E-state index in [1.807, 2.05) is 6.92 Å². The van der Waals surface area contributed by atoms with Crippen molar-refractivity contribution in [2.75, 3.05) is 13.2 Å². The second kappa shape index (κ2) is 5.92. The highest BCUT2D eigenvalue weighted by Gasteiger charge is 2.32. The molecule has 1 aromatic carbocycles. The van der Waals surface area contributed by atoms with Crippen LogP contribution in [0.25, 0.3) is 0 Å². The van der Waals surface area contributed by atoms with Crippen molar-refractivity contribution >= 4 is 27.6 Å². The fourth-order valence-electron chi connectivity index (χ4n) is 2.14. The van der Waals surface area contributed by atoms with Gasteiger partial charge in [-0.2, -0.15) is 0 Å². The van der Waals surface area contributed by atoms with Gasteiger partial charge in [-0.15, -0.1) is 0 Å². The number of aromatic carboxylic acids is 1. The third-order valence-electron chi connectivity index (χ3n) is 3.40. The van der Waals surface area contributed by atoms with Crippen LogP contribution >= 0.6 is 11.6 Å². The SMILES string of the molecule is CC1(CNS(=O)(=O)c2cc(C(=O)O)ccc2Cl)CCCO1. The van der Waals surface area contributed by atoms with E-state index < -0.39 is 21.6 Å². The van der Waals surface area contributed by atoms with Crippen LogP contribution in [0.1, 0.15) is 30.1 Å². The van der Waals surface area contributed by atoms with Crippen molar-refractivity contribution in [3.8, 4) is 0 Å². The third kappa shape index (κ3) is 3.74. The van der Waals surface area contributed by atoms with E-state index in [1.54, 1.807) is 0 Å². The molecule has 8 heteroatoms. The molecule has 1 aromatic rings. The molecule has 0 bridgehead atoms. The van der Waals surface area contributed by atoms with Crippen LogP contribution < -0.4 is 4.72 Å². The number of carboxylic acids is 1. The van der Waals surface area contributed by atoms with Crippen LogP contribution in [-0.4, -0.2) is 38.2 Å². The zero-order valence-electron chi connectivity index (χ0n) is 11.4. The number of carboxylic acid groups (broad SMARTS) is 1. The fourth-order valence-corrected chi connectivity index (χ4v) is 3.82. The Kier molecular flexibility index (Phi) is 4.57. The van der Waals surface area contributed by atoms with Gasteiger partial charge in [0.15, 0.2) is 0 Å². The Labute approximate surface area is 128 Å². The van der Waals surface area contributed by atoms with Gasteiger partial charge in [0, 0.05) is 13.2 Å². The third-order valence-corrected chi connectivity index (χ3v) is 5.29. The minimum atomic E-state index is -3.90. The number of halogens is 1. The summed E-state index contributed by atoms with van der Waals surface area (Å²) in [7, 11) is -3.90. The Morgan fingerprint density at radius 3 is 2.81 bits per heavy atom. The standard InChI is InChI=1S/C13H16ClNO5S/c1-13(5-2-6-20-13)8-15-21(18,19)11-7-9(12(16)17)3-4-10(11)14/h3-4,7,15H,2,5-6,8H2,1H3,(H,16,17). The van der Waals surface area contributed by atoms with Gasteiger partial charge in [0.25, 0.3) is 0 Å². The van der Waals surface area contributed by atoms with Crippen LogP contribution in [0, 0.1) is 0 Å². The molecule has 0 radical (unpaired) electrons. The smallest absolute Gasteiger partial charge is 0.335 e. The van der Waals surface area contributed by atoms with E-state index in [1.165, 1.54) is 12.1 Å². The molecule has 1 aliphatic rings. The molecule has 1 aliphatic heterocycles. The Morgan fingerprint density at radius 2 is 2.24 bits per heavy atom. The summed E-state index contributed by atoms with van der Waals surface area (Å²) < 4.78 is 32.5. The first kappa shape index (κ1) is 16.2. The predicted octanol–water partition coefficient (Wildman–Crippen LogP) is 1.89. The molecule has 1 heterocycles. The Bertz CT molecular complexity index is 653. The number of nitrogens with one attached hydrogen (secondary N) is 1. The van der Waals surface area contributed by atoms with Crippen molar-refractivity contribution in [1.82, 2.24) is 4.72 Å². The van der Waals surface area contributed by atoms with Crippen LogP contribution in [0.15, 0.2) is 23.1 Å². The number of ether oxygens (including phenoxy) is 1. The number of carbonyl (C=O) groups is 1.